The van der Waals surface area contributed by atoms with Crippen LogP contribution < -0.4 is 5.32 Å². The van der Waals surface area contributed by atoms with Gasteiger partial charge in [0, 0.05) is 18.9 Å². The van der Waals surface area contributed by atoms with Gasteiger partial charge < -0.3 is 10.1 Å². The zero-order chi connectivity index (χ0) is 11.3. The van der Waals surface area contributed by atoms with Crippen LogP contribution in [0.2, 0.25) is 0 Å². The highest BCUT2D eigenvalue weighted by atomic mass is 32.2. The highest BCUT2D eigenvalue weighted by molar-refractivity contribution is 7.90. The van der Waals surface area contributed by atoms with Gasteiger partial charge in [-0.1, -0.05) is 6.92 Å². The molecule has 0 aromatic heterocycles. The SMILES string of the molecule is CCNC(CS(C)(=O)=O)C1CCCOC1. The molecule has 1 aliphatic heterocycles. The molecule has 0 spiro atoms. The van der Waals surface area contributed by atoms with Crippen LogP contribution in [-0.4, -0.2) is 46.2 Å². The van der Waals surface area contributed by atoms with Crippen molar-refractivity contribution in [2.24, 2.45) is 5.92 Å². The predicted octanol–water partition coefficient (Wildman–Crippen LogP) is 0.436. The fraction of sp³-hybridized carbons (Fsp3) is 1.00. The van der Waals surface area contributed by atoms with Crippen LogP contribution in [0.1, 0.15) is 19.8 Å². The zero-order valence-corrected chi connectivity index (χ0v) is 10.3. The fourth-order valence-electron chi connectivity index (χ4n) is 2.03. The molecular formula is C10H21NO3S. The lowest BCUT2D eigenvalue weighted by Crippen LogP contribution is -2.44. The molecule has 0 radical (unpaired) electrons. The van der Waals surface area contributed by atoms with Crippen LogP contribution in [0.4, 0.5) is 0 Å². The van der Waals surface area contributed by atoms with Gasteiger partial charge in [-0.15, -0.1) is 0 Å². The Bertz CT molecular complexity index is 270. The van der Waals surface area contributed by atoms with Crippen LogP contribution in [0.15, 0.2) is 0 Å². The van der Waals surface area contributed by atoms with E-state index in [1.165, 1.54) is 6.26 Å². The highest BCUT2D eigenvalue weighted by Crippen LogP contribution is 2.18. The molecule has 0 bridgehead atoms. The molecule has 1 heterocycles. The second kappa shape index (κ2) is 5.82. The van der Waals surface area contributed by atoms with Gasteiger partial charge in [0.05, 0.1) is 12.4 Å². The molecule has 4 nitrogen and oxygen atoms in total. The van der Waals surface area contributed by atoms with Gasteiger partial charge in [-0.3, -0.25) is 0 Å². The van der Waals surface area contributed by atoms with Crippen molar-refractivity contribution in [3.05, 3.63) is 0 Å². The molecule has 1 saturated heterocycles. The van der Waals surface area contributed by atoms with Crippen LogP contribution in [0.25, 0.3) is 0 Å². The highest BCUT2D eigenvalue weighted by Gasteiger charge is 2.26. The topological polar surface area (TPSA) is 55.4 Å². The summed E-state index contributed by atoms with van der Waals surface area (Å²) in [5, 5.41) is 3.25. The average Bonchev–Trinajstić information content (AvgIpc) is 2.17. The average molecular weight is 235 g/mol. The lowest BCUT2D eigenvalue weighted by molar-refractivity contribution is 0.0427. The maximum absolute atomic E-state index is 11.3. The molecule has 1 N–H and O–H groups in total. The number of sulfone groups is 1. The van der Waals surface area contributed by atoms with Crippen molar-refractivity contribution < 1.29 is 13.2 Å². The minimum Gasteiger partial charge on any atom is -0.381 e. The smallest absolute Gasteiger partial charge is 0.148 e. The van der Waals surface area contributed by atoms with E-state index in [9.17, 15) is 8.42 Å². The predicted molar refractivity (Wildman–Crippen MR) is 60.7 cm³/mol. The molecule has 0 amide bonds. The second-order valence-electron chi connectivity index (χ2n) is 4.23. The first kappa shape index (κ1) is 12.9. The van der Waals surface area contributed by atoms with E-state index in [0.717, 1.165) is 26.0 Å². The summed E-state index contributed by atoms with van der Waals surface area (Å²) in [5.74, 6) is 0.558. The summed E-state index contributed by atoms with van der Waals surface area (Å²) in [7, 11) is -2.91. The lowest BCUT2D eigenvalue weighted by atomic mass is 9.95. The Morgan fingerprint density at radius 2 is 2.27 bits per heavy atom. The molecule has 15 heavy (non-hydrogen) atoms. The molecule has 5 heteroatoms. The second-order valence-corrected chi connectivity index (χ2v) is 6.42. The minimum atomic E-state index is -2.91. The summed E-state index contributed by atoms with van der Waals surface area (Å²) in [6.45, 7) is 4.30. The molecule has 0 aromatic rings. The summed E-state index contributed by atoms with van der Waals surface area (Å²) >= 11 is 0. The first-order chi connectivity index (χ1) is 7.03. The Morgan fingerprint density at radius 1 is 1.53 bits per heavy atom. The molecule has 0 aliphatic carbocycles. The fourth-order valence-corrected chi connectivity index (χ4v) is 3.08. The van der Waals surface area contributed by atoms with Gasteiger partial charge in [0.25, 0.3) is 0 Å². The van der Waals surface area contributed by atoms with Gasteiger partial charge >= 0.3 is 0 Å². The van der Waals surface area contributed by atoms with E-state index >= 15 is 0 Å². The minimum absolute atomic E-state index is 0.0466. The van der Waals surface area contributed by atoms with E-state index in [4.69, 9.17) is 4.74 Å². The Labute approximate surface area is 92.3 Å². The molecule has 2 atom stereocenters. The van der Waals surface area contributed by atoms with Gasteiger partial charge in [0.2, 0.25) is 0 Å². The Balaban J connectivity index is 2.55. The Hall–Kier alpha value is -0.130. The van der Waals surface area contributed by atoms with Crippen LogP contribution in [-0.2, 0) is 14.6 Å². The summed E-state index contributed by atoms with van der Waals surface area (Å²) < 4.78 is 27.9. The van der Waals surface area contributed by atoms with Gasteiger partial charge in [-0.05, 0) is 25.3 Å². The van der Waals surface area contributed by atoms with Gasteiger partial charge in [-0.2, -0.15) is 0 Å². The number of hydrogen-bond donors (Lipinski definition) is 1. The number of ether oxygens (including phenoxy) is 1. The van der Waals surface area contributed by atoms with Crippen LogP contribution in [0.3, 0.4) is 0 Å². The van der Waals surface area contributed by atoms with E-state index in [2.05, 4.69) is 5.32 Å². The van der Waals surface area contributed by atoms with Crippen molar-refractivity contribution in [3.8, 4) is 0 Å². The third-order valence-corrected chi connectivity index (χ3v) is 3.68. The third-order valence-electron chi connectivity index (χ3n) is 2.71. The summed E-state index contributed by atoms with van der Waals surface area (Å²) in [4.78, 5) is 0. The van der Waals surface area contributed by atoms with E-state index in [1.807, 2.05) is 6.92 Å². The number of rotatable bonds is 5. The zero-order valence-electron chi connectivity index (χ0n) is 9.53. The van der Waals surface area contributed by atoms with E-state index in [0.29, 0.717) is 12.5 Å². The monoisotopic (exact) mass is 235 g/mol. The van der Waals surface area contributed by atoms with Crippen molar-refractivity contribution >= 4 is 9.84 Å². The standard InChI is InChI=1S/C10H21NO3S/c1-3-11-10(8-15(2,12)13)9-5-4-6-14-7-9/h9-11H,3-8H2,1-2H3. The number of hydrogen-bond acceptors (Lipinski definition) is 4. The maximum atomic E-state index is 11.3. The third kappa shape index (κ3) is 4.95. The molecule has 1 rings (SSSR count). The molecule has 90 valence electrons. The van der Waals surface area contributed by atoms with Crippen LogP contribution in [0, 0.1) is 5.92 Å². The number of nitrogens with one attached hydrogen (secondary N) is 1. The van der Waals surface area contributed by atoms with Gasteiger partial charge in [0.1, 0.15) is 9.84 Å². The molecular weight excluding hydrogens is 214 g/mol. The van der Waals surface area contributed by atoms with Crippen molar-refractivity contribution in [2.45, 2.75) is 25.8 Å². The lowest BCUT2D eigenvalue weighted by Gasteiger charge is -2.30. The molecule has 1 fully saturated rings. The van der Waals surface area contributed by atoms with Crippen molar-refractivity contribution in [2.75, 3.05) is 31.8 Å². The van der Waals surface area contributed by atoms with Crippen molar-refractivity contribution in [1.82, 2.24) is 5.32 Å². The van der Waals surface area contributed by atoms with Gasteiger partial charge in [0.15, 0.2) is 0 Å². The molecule has 1 aliphatic rings. The van der Waals surface area contributed by atoms with Gasteiger partial charge in [-0.25, -0.2) is 8.42 Å². The van der Waals surface area contributed by atoms with Crippen LogP contribution >= 0.6 is 0 Å². The van der Waals surface area contributed by atoms with E-state index in [-0.39, 0.29) is 11.8 Å². The maximum Gasteiger partial charge on any atom is 0.148 e. The van der Waals surface area contributed by atoms with Crippen molar-refractivity contribution in [3.63, 3.8) is 0 Å². The Kier molecular flexibility index (Phi) is 5.02. The van der Waals surface area contributed by atoms with E-state index in [1.54, 1.807) is 0 Å². The normalized spacial score (nSPS) is 25.1. The first-order valence-electron chi connectivity index (χ1n) is 5.52. The van der Waals surface area contributed by atoms with E-state index < -0.39 is 9.84 Å². The largest absolute Gasteiger partial charge is 0.381 e. The molecule has 2 unspecified atom stereocenters. The summed E-state index contributed by atoms with van der Waals surface area (Å²) in [6, 6.07) is 0.0466. The molecule has 0 saturated carbocycles. The summed E-state index contributed by atoms with van der Waals surface area (Å²) in [6.07, 6.45) is 3.39. The first-order valence-corrected chi connectivity index (χ1v) is 7.58. The summed E-state index contributed by atoms with van der Waals surface area (Å²) in [5.41, 5.74) is 0. The van der Waals surface area contributed by atoms with Crippen LogP contribution in [0.5, 0.6) is 0 Å². The van der Waals surface area contributed by atoms with Crippen molar-refractivity contribution in [1.29, 1.82) is 0 Å². The Morgan fingerprint density at radius 3 is 2.73 bits per heavy atom. The quantitative estimate of drug-likeness (QED) is 0.751. The molecule has 0 aromatic carbocycles.